The fourth-order valence-corrected chi connectivity index (χ4v) is 2.73. The summed E-state index contributed by atoms with van der Waals surface area (Å²) in [6, 6.07) is 10.2. The highest BCUT2D eigenvalue weighted by molar-refractivity contribution is 6.31. The Bertz CT molecular complexity index is 610. The lowest BCUT2D eigenvalue weighted by Crippen LogP contribution is -2.24. The molecule has 0 aliphatic carbocycles. The molecule has 0 aromatic heterocycles. The number of ether oxygens (including phenoxy) is 1. The summed E-state index contributed by atoms with van der Waals surface area (Å²) in [5, 5.41) is 3.74. The van der Waals surface area contributed by atoms with E-state index in [9.17, 15) is 4.39 Å². The maximum absolute atomic E-state index is 14.2. The fourth-order valence-electron chi connectivity index (χ4n) is 2.46. The molecule has 2 aromatic rings. The van der Waals surface area contributed by atoms with Gasteiger partial charge in [-0.15, -0.1) is 0 Å². The summed E-state index contributed by atoms with van der Waals surface area (Å²) >= 11 is 6.22. The largest absolute Gasteiger partial charge is 0.497 e. The van der Waals surface area contributed by atoms with Gasteiger partial charge in [0, 0.05) is 10.6 Å². The van der Waals surface area contributed by atoms with E-state index in [-0.39, 0.29) is 11.9 Å². The Morgan fingerprint density at radius 1 is 1.29 bits per heavy atom. The van der Waals surface area contributed by atoms with Gasteiger partial charge >= 0.3 is 0 Å². The van der Waals surface area contributed by atoms with Gasteiger partial charge in [0.1, 0.15) is 11.6 Å². The van der Waals surface area contributed by atoms with Gasteiger partial charge in [-0.2, -0.15) is 0 Å². The summed E-state index contributed by atoms with van der Waals surface area (Å²) in [6.07, 6.45) is 0. The van der Waals surface area contributed by atoms with Crippen molar-refractivity contribution in [2.75, 3.05) is 13.7 Å². The summed E-state index contributed by atoms with van der Waals surface area (Å²) < 4.78 is 19.5. The highest BCUT2D eigenvalue weighted by Crippen LogP contribution is 2.33. The number of methoxy groups -OCH3 is 1. The SMILES string of the molecule is CCNC(c1ccc(OC)cc1C)c1c(F)cccc1Cl. The van der Waals surface area contributed by atoms with Gasteiger partial charge in [0.25, 0.3) is 0 Å². The fraction of sp³-hybridized carbons (Fsp3) is 0.294. The van der Waals surface area contributed by atoms with Crippen molar-refractivity contribution in [3.8, 4) is 5.75 Å². The molecule has 4 heteroatoms. The van der Waals surface area contributed by atoms with Crippen molar-refractivity contribution in [2.45, 2.75) is 19.9 Å². The molecule has 0 fully saturated rings. The molecular weight excluding hydrogens is 289 g/mol. The third-order valence-corrected chi connectivity index (χ3v) is 3.81. The van der Waals surface area contributed by atoms with Crippen LogP contribution in [0, 0.1) is 12.7 Å². The minimum Gasteiger partial charge on any atom is -0.497 e. The number of hydrogen-bond acceptors (Lipinski definition) is 2. The highest BCUT2D eigenvalue weighted by Gasteiger charge is 2.21. The zero-order valence-electron chi connectivity index (χ0n) is 12.4. The van der Waals surface area contributed by atoms with Crippen LogP contribution in [0.5, 0.6) is 5.75 Å². The maximum atomic E-state index is 14.2. The van der Waals surface area contributed by atoms with E-state index in [0.717, 1.165) is 16.9 Å². The van der Waals surface area contributed by atoms with E-state index < -0.39 is 0 Å². The number of benzene rings is 2. The molecule has 0 heterocycles. The van der Waals surface area contributed by atoms with Crippen LogP contribution in [0.15, 0.2) is 36.4 Å². The van der Waals surface area contributed by atoms with Crippen LogP contribution >= 0.6 is 11.6 Å². The Labute approximate surface area is 129 Å². The molecule has 0 saturated carbocycles. The summed E-state index contributed by atoms with van der Waals surface area (Å²) in [7, 11) is 1.63. The first-order valence-electron chi connectivity index (χ1n) is 6.90. The lowest BCUT2D eigenvalue weighted by atomic mass is 9.94. The Morgan fingerprint density at radius 3 is 2.62 bits per heavy atom. The molecular formula is C17H19ClFNO. The summed E-state index contributed by atoms with van der Waals surface area (Å²) in [5.41, 5.74) is 2.50. The average Bonchev–Trinajstić information content (AvgIpc) is 2.46. The molecule has 1 atom stereocenters. The van der Waals surface area contributed by atoms with Crippen molar-refractivity contribution in [3.05, 3.63) is 63.9 Å². The molecule has 0 aliphatic heterocycles. The minimum absolute atomic E-state index is 0.283. The molecule has 0 spiro atoms. The molecule has 0 bridgehead atoms. The zero-order valence-corrected chi connectivity index (χ0v) is 13.2. The molecule has 1 unspecified atom stereocenters. The molecule has 2 aromatic carbocycles. The van der Waals surface area contributed by atoms with E-state index in [1.54, 1.807) is 19.2 Å². The van der Waals surface area contributed by atoms with Crippen molar-refractivity contribution in [1.82, 2.24) is 5.32 Å². The van der Waals surface area contributed by atoms with Crippen molar-refractivity contribution in [3.63, 3.8) is 0 Å². The van der Waals surface area contributed by atoms with Crippen LogP contribution in [0.4, 0.5) is 4.39 Å². The molecule has 21 heavy (non-hydrogen) atoms. The second-order valence-corrected chi connectivity index (χ2v) is 5.26. The monoisotopic (exact) mass is 307 g/mol. The van der Waals surface area contributed by atoms with Gasteiger partial charge in [-0.25, -0.2) is 4.39 Å². The molecule has 2 nitrogen and oxygen atoms in total. The Balaban J connectivity index is 2.53. The smallest absolute Gasteiger partial charge is 0.129 e. The van der Waals surface area contributed by atoms with E-state index in [1.165, 1.54) is 6.07 Å². The van der Waals surface area contributed by atoms with Crippen molar-refractivity contribution < 1.29 is 9.13 Å². The second kappa shape index (κ2) is 6.92. The van der Waals surface area contributed by atoms with E-state index >= 15 is 0 Å². The molecule has 0 amide bonds. The minimum atomic E-state index is -0.302. The Hall–Kier alpha value is -1.58. The molecule has 0 aliphatic rings. The lowest BCUT2D eigenvalue weighted by Gasteiger charge is -2.23. The average molecular weight is 308 g/mol. The third-order valence-electron chi connectivity index (χ3n) is 3.48. The van der Waals surface area contributed by atoms with E-state index in [0.29, 0.717) is 17.1 Å². The van der Waals surface area contributed by atoms with Crippen LogP contribution in [0.3, 0.4) is 0 Å². The number of hydrogen-bond donors (Lipinski definition) is 1. The predicted molar refractivity (Wildman–Crippen MR) is 84.7 cm³/mol. The number of rotatable bonds is 5. The summed E-state index contributed by atoms with van der Waals surface area (Å²) in [4.78, 5) is 0. The van der Waals surface area contributed by atoms with Gasteiger partial charge in [0.15, 0.2) is 0 Å². The summed E-state index contributed by atoms with van der Waals surface area (Å²) in [6.45, 7) is 4.68. The Kier molecular flexibility index (Phi) is 5.21. The van der Waals surface area contributed by atoms with Crippen LogP contribution in [-0.4, -0.2) is 13.7 Å². The molecule has 1 N–H and O–H groups in total. The van der Waals surface area contributed by atoms with Crippen molar-refractivity contribution >= 4 is 11.6 Å². The first kappa shape index (κ1) is 15.8. The standard InChI is InChI=1S/C17H19ClFNO/c1-4-20-17(16-14(18)6-5-7-15(16)19)13-9-8-12(21-3)10-11(13)2/h5-10,17,20H,4H2,1-3H3. The molecule has 0 radical (unpaired) electrons. The number of halogens is 2. The Morgan fingerprint density at radius 2 is 2.05 bits per heavy atom. The first-order valence-corrected chi connectivity index (χ1v) is 7.28. The predicted octanol–water partition coefficient (Wildman–Crippen LogP) is 4.50. The number of nitrogens with one attached hydrogen (secondary N) is 1. The van der Waals surface area contributed by atoms with E-state index in [2.05, 4.69) is 5.32 Å². The van der Waals surface area contributed by atoms with Gasteiger partial charge in [0.05, 0.1) is 13.2 Å². The summed E-state index contributed by atoms with van der Waals surface area (Å²) in [5.74, 6) is 0.481. The van der Waals surface area contributed by atoms with Gasteiger partial charge in [-0.1, -0.05) is 30.7 Å². The highest BCUT2D eigenvalue weighted by atomic mass is 35.5. The molecule has 112 valence electrons. The quantitative estimate of drug-likeness (QED) is 0.878. The zero-order chi connectivity index (χ0) is 15.4. The lowest BCUT2D eigenvalue weighted by molar-refractivity contribution is 0.414. The van der Waals surface area contributed by atoms with Crippen LogP contribution in [0.25, 0.3) is 0 Å². The van der Waals surface area contributed by atoms with Crippen molar-refractivity contribution in [2.24, 2.45) is 0 Å². The third kappa shape index (κ3) is 3.36. The second-order valence-electron chi connectivity index (χ2n) is 4.85. The van der Waals surface area contributed by atoms with E-state index in [4.69, 9.17) is 16.3 Å². The van der Waals surface area contributed by atoms with Gasteiger partial charge < -0.3 is 10.1 Å². The van der Waals surface area contributed by atoms with Crippen molar-refractivity contribution in [1.29, 1.82) is 0 Å². The number of aryl methyl sites for hydroxylation is 1. The maximum Gasteiger partial charge on any atom is 0.129 e. The van der Waals surface area contributed by atoms with Gasteiger partial charge in [-0.3, -0.25) is 0 Å². The molecule has 2 rings (SSSR count). The topological polar surface area (TPSA) is 21.3 Å². The van der Waals surface area contributed by atoms with Crippen LogP contribution in [0.1, 0.15) is 29.7 Å². The van der Waals surface area contributed by atoms with Crippen LogP contribution < -0.4 is 10.1 Å². The van der Waals surface area contributed by atoms with E-state index in [1.807, 2.05) is 32.0 Å². The van der Waals surface area contributed by atoms with Gasteiger partial charge in [0.2, 0.25) is 0 Å². The normalized spacial score (nSPS) is 12.2. The first-order chi connectivity index (χ1) is 10.1. The van der Waals surface area contributed by atoms with Gasteiger partial charge in [-0.05, 0) is 48.9 Å². The molecule has 0 saturated heterocycles. The van der Waals surface area contributed by atoms with Crippen LogP contribution in [0.2, 0.25) is 5.02 Å². The van der Waals surface area contributed by atoms with Crippen LogP contribution in [-0.2, 0) is 0 Å².